The van der Waals surface area contributed by atoms with E-state index in [1.807, 2.05) is 6.29 Å². The molecule has 0 aliphatic rings. The highest BCUT2D eigenvalue weighted by Crippen LogP contribution is 2.05. The maximum Gasteiger partial charge on any atom is 0.198 e. The van der Waals surface area contributed by atoms with Gasteiger partial charge in [0.1, 0.15) is 0 Å². The van der Waals surface area contributed by atoms with E-state index in [4.69, 9.17) is 0 Å². The summed E-state index contributed by atoms with van der Waals surface area (Å²) in [4.78, 5) is 9.90. The third-order valence-electron chi connectivity index (χ3n) is 1.37. The maximum atomic E-state index is 9.90. The van der Waals surface area contributed by atoms with Crippen LogP contribution in [-0.4, -0.2) is 6.29 Å². The van der Waals surface area contributed by atoms with E-state index in [9.17, 15) is 4.79 Å². The van der Waals surface area contributed by atoms with E-state index in [1.54, 1.807) is 0 Å². The lowest BCUT2D eigenvalue weighted by atomic mass is 10.0. The first-order valence-corrected chi connectivity index (χ1v) is 3.81. The molecule has 0 rings (SSSR count). The molecule has 0 saturated heterocycles. The molecule has 0 fully saturated rings. The molecule has 1 nitrogen and oxygen atoms in total. The van der Waals surface area contributed by atoms with Crippen LogP contribution in [0.3, 0.4) is 0 Å². The van der Waals surface area contributed by atoms with Crippen LogP contribution < -0.4 is 0 Å². The minimum Gasteiger partial charge on any atom is -0.291 e. The van der Waals surface area contributed by atoms with Crippen LogP contribution >= 0.6 is 0 Å². The molecule has 57 valence electrons. The Labute approximate surface area is 63.1 Å². The fourth-order valence-electron chi connectivity index (χ4n) is 0.721. The van der Waals surface area contributed by atoms with Crippen molar-refractivity contribution in [3.63, 3.8) is 0 Å². The monoisotopic (exact) mass is 139 g/mol. The zero-order chi connectivity index (χ0) is 7.82. The van der Waals surface area contributed by atoms with Gasteiger partial charge < -0.3 is 0 Å². The summed E-state index contributed by atoms with van der Waals surface area (Å²) in [6.07, 6.45) is 8.81. The van der Waals surface area contributed by atoms with Crippen molar-refractivity contribution in [2.75, 3.05) is 0 Å². The molecule has 0 saturated carbocycles. The Morgan fingerprint density at radius 3 is 2.70 bits per heavy atom. The van der Waals surface area contributed by atoms with Crippen LogP contribution in [0, 0.1) is 5.92 Å². The Balaban J connectivity index is 3.28. The zero-order valence-corrected chi connectivity index (χ0v) is 6.76. The van der Waals surface area contributed by atoms with Gasteiger partial charge in [0.2, 0.25) is 0 Å². The maximum absolute atomic E-state index is 9.90. The Bertz CT molecular complexity index is 105. The van der Waals surface area contributed by atoms with Gasteiger partial charge in [-0.1, -0.05) is 26.0 Å². The average Bonchev–Trinajstić information content (AvgIpc) is 1.89. The summed E-state index contributed by atoms with van der Waals surface area (Å²) >= 11 is 0. The molecule has 0 aromatic carbocycles. The van der Waals surface area contributed by atoms with Crippen molar-refractivity contribution < 1.29 is 4.79 Å². The standard InChI is InChI=1S/C9H15O/c1-3-4-5-6-9(2)7-8-10/h4-5,9H,3,6-7H2,1-2H3. The predicted octanol–water partition coefficient (Wildman–Crippen LogP) is 2.48. The van der Waals surface area contributed by atoms with Crippen molar-refractivity contribution in [2.24, 2.45) is 5.92 Å². The quantitative estimate of drug-likeness (QED) is 0.535. The van der Waals surface area contributed by atoms with E-state index in [1.165, 1.54) is 0 Å². The lowest BCUT2D eigenvalue weighted by molar-refractivity contribution is 0.524. The number of hydrogen-bond acceptors (Lipinski definition) is 1. The summed E-state index contributed by atoms with van der Waals surface area (Å²) < 4.78 is 0. The average molecular weight is 139 g/mol. The van der Waals surface area contributed by atoms with Crippen LogP contribution in [0.25, 0.3) is 0 Å². The van der Waals surface area contributed by atoms with Crippen molar-refractivity contribution in [1.82, 2.24) is 0 Å². The molecular formula is C9H15O. The summed E-state index contributed by atoms with van der Waals surface area (Å²) in [5.41, 5.74) is 0. The second-order valence-electron chi connectivity index (χ2n) is 2.57. The van der Waals surface area contributed by atoms with Crippen LogP contribution in [0.1, 0.15) is 33.1 Å². The van der Waals surface area contributed by atoms with E-state index in [0.29, 0.717) is 12.3 Å². The highest BCUT2D eigenvalue weighted by molar-refractivity contribution is 5.50. The van der Waals surface area contributed by atoms with E-state index in [0.717, 1.165) is 12.8 Å². The number of allylic oxidation sites excluding steroid dienone is 2. The lowest BCUT2D eigenvalue weighted by Gasteiger charge is -1.99. The van der Waals surface area contributed by atoms with Gasteiger partial charge in [0, 0.05) is 6.42 Å². The molecule has 0 aliphatic carbocycles. The first-order valence-electron chi connectivity index (χ1n) is 3.81. The van der Waals surface area contributed by atoms with Crippen LogP contribution in [0.5, 0.6) is 0 Å². The third kappa shape index (κ3) is 5.54. The molecule has 0 heterocycles. The van der Waals surface area contributed by atoms with E-state index < -0.39 is 0 Å². The molecule has 1 radical (unpaired) electrons. The van der Waals surface area contributed by atoms with Gasteiger partial charge in [0.15, 0.2) is 6.29 Å². The predicted molar refractivity (Wildman–Crippen MR) is 43.5 cm³/mol. The van der Waals surface area contributed by atoms with Gasteiger partial charge in [-0.25, -0.2) is 0 Å². The fourth-order valence-corrected chi connectivity index (χ4v) is 0.721. The first kappa shape index (κ1) is 9.41. The molecule has 0 aliphatic heterocycles. The molecule has 1 atom stereocenters. The van der Waals surface area contributed by atoms with Crippen molar-refractivity contribution in [3.8, 4) is 0 Å². The van der Waals surface area contributed by atoms with Gasteiger partial charge in [-0.05, 0) is 18.8 Å². The molecule has 1 heteroatoms. The largest absolute Gasteiger partial charge is 0.291 e. The van der Waals surface area contributed by atoms with Gasteiger partial charge in [0.05, 0.1) is 0 Å². The summed E-state index contributed by atoms with van der Waals surface area (Å²) in [6.45, 7) is 4.16. The molecule has 0 aromatic rings. The fraction of sp³-hybridized carbons (Fsp3) is 0.667. The number of hydrogen-bond donors (Lipinski definition) is 0. The topological polar surface area (TPSA) is 17.1 Å². The van der Waals surface area contributed by atoms with Crippen LogP contribution in [-0.2, 0) is 4.79 Å². The van der Waals surface area contributed by atoms with E-state index in [-0.39, 0.29) is 0 Å². The number of carbonyl (C=O) groups excluding carboxylic acids is 1. The molecule has 0 spiro atoms. The SMILES string of the molecule is CCC=CCC(C)C[C]=O. The molecule has 1 unspecified atom stereocenters. The molecule has 0 bridgehead atoms. The Hall–Kier alpha value is -0.590. The van der Waals surface area contributed by atoms with Gasteiger partial charge >= 0.3 is 0 Å². The second kappa shape index (κ2) is 6.53. The molecule has 0 N–H and O–H groups in total. The minimum absolute atomic E-state index is 0.459. The van der Waals surface area contributed by atoms with E-state index in [2.05, 4.69) is 26.0 Å². The Morgan fingerprint density at radius 1 is 1.50 bits per heavy atom. The molecule has 0 amide bonds. The Kier molecular flexibility index (Phi) is 6.14. The van der Waals surface area contributed by atoms with Gasteiger partial charge in [-0.3, -0.25) is 4.79 Å². The molecule has 10 heavy (non-hydrogen) atoms. The van der Waals surface area contributed by atoms with Crippen molar-refractivity contribution >= 4 is 6.29 Å². The summed E-state index contributed by atoms with van der Waals surface area (Å²) in [7, 11) is 0. The second-order valence-corrected chi connectivity index (χ2v) is 2.57. The van der Waals surface area contributed by atoms with Crippen molar-refractivity contribution in [1.29, 1.82) is 0 Å². The Morgan fingerprint density at radius 2 is 2.20 bits per heavy atom. The van der Waals surface area contributed by atoms with Gasteiger partial charge in [-0.2, -0.15) is 0 Å². The zero-order valence-electron chi connectivity index (χ0n) is 6.76. The highest BCUT2D eigenvalue weighted by Gasteiger charge is 1.96. The van der Waals surface area contributed by atoms with Crippen molar-refractivity contribution in [3.05, 3.63) is 12.2 Å². The van der Waals surface area contributed by atoms with Crippen molar-refractivity contribution in [2.45, 2.75) is 33.1 Å². The van der Waals surface area contributed by atoms with Gasteiger partial charge in [-0.15, -0.1) is 0 Å². The van der Waals surface area contributed by atoms with Crippen LogP contribution in [0.15, 0.2) is 12.2 Å². The first-order chi connectivity index (χ1) is 4.81. The summed E-state index contributed by atoms with van der Waals surface area (Å²) in [5, 5.41) is 0. The molecular weight excluding hydrogens is 124 g/mol. The van der Waals surface area contributed by atoms with Gasteiger partial charge in [0.25, 0.3) is 0 Å². The van der Waals surface area contributed by atoms with E-state index >= 15 is 0 Å². The minimum atomic E-state index is 0.459. The normalized spacial score (nSPS) is 13.8. The highest BCUT2D eigenvalue weighted by atomic mass is 16.1. The lowest BCUT2D eigenvalue weighted by Crippen LogP contribution is -1.92. The molecule has 0 aromatic heterocycles. The summed E-state index contributed by atoms with van der Waals surface area (Å²) in [6, 6.07) is 0. The number of rotatable bonds is 5. The third-order valence-corrected chi connectivity index (χ3v) is 1.37. The summed E-state index contributed by atoms with van der Waals surface area (Å²) in [5.74, 6) is 0.459. The van der Waals surface area contributed by atoms with Crippen LogP contribution in [0.2, 0.25) is 0 Å². The van der Waals surface area contributed by atoms with Crippen LogP contribution in [0.4, 0.5) is 0 Å². The smallest absolute Gasteiger partial charge is 0.198 e.